The van der Waals surface area contributed by atoms with Crippen LogP contribution in [0.25, 0.3) is 53.8 Å². The number of rotatable bonds is 4. The molecule has 0 saturated carbocycles. The third kappa shape index (κ3) is 6.99. The fourth-order valence-corrected chi connectivity index (χ4v) is 8.02. The molecule has 2 nitrogen and oxygen atoms in total. The number of thiophene rings is 1. The molecule has 0 aliphatic heterocycles. The van der Waals surface area contributed by atoms with Gasteiger partial charge in [-0.3, -0.25) is 4.39 Å². The molecule has 0 amide bonds. The van der Waals surface area contributed by atoms with Crippen molar-refractivity contribution < 1.29 is 34.1 Å². The molecule has 0 unspecified atom stereocenters. The molecule has 243 valence electrons. The molecule has 8 rings (SSSR count). The van der Waals surface area contributed by atoms with Gasteiger partial charge in [-0.15, -0.1) is 47.5 Å². The summed E-state index contributed by atoms with van der Waals surface area (Å²) in [7, 11) is -1.45. The molecule has 0 N–H and O–H groups in total. The van der Waals surface area contributed by atoms with Crippen LogP contribution in [0.1, 0.15) is 39.1 Å². The molecule has 0 bridgehead atoms. The Bertz CT molecular complexity index is 2500. The fraction of sp³-hybridized carbons (Fsp3) is 0.190. The van der Waals surface area contributed by atoms with Crippen LogP contribution in [0.4, 0.5) is 4.39 Å². The van der Waals surface area contributed by atoms with Gasteiger partial charge < -0.3 is 9.97 Å². The first-order valence-electron chi connectivity index (χ1n) is 19.1. The second kappa shape index (κ2) is 14.4. The van der Waals surface area contributed by atoms with E-state index in [1.807, 2.05) is 36.4 Å². The molecule has 7 aromatic rings. The summed E-state index contributed by atoms with van der Waals surface area (Å²) in [6, 6.07) is 34.4. The van der Waals surface area contributed by atoms with Gasteiger partial charge in [-0.1, -0.05) is 103 Å². The van der Waals surface area contributed by atoms with Gasteiger partial charge in [-0.05, 0) is 75.5 Å². The average Bonchev–Trinajstić information content (AvgIpc) is 3.52. The van der Waals surface area contributed by atoms with Gasteiger partial charge in [0.25, 0.3) is 0 Å². The molecule has 1 radical (unpaired) electrons. The molecule has 0 spiro atoms. The Morgan fingerprint density at radius 1 is 0.854 bits per heavy atom. The average molecular weight is 848 g/mol. The summed E-state index contributed by atoms with van der Waals surface area (Å²) in [5.74, 6) is -0.614. The SMILES string of the molecule is [2H]C([2H])([2H])c1c[c-]c(-c2ccc([Si](C)(C)C)cn2)c(F)c1.[2H]C1([2H])CCC([2H])([2H])c2c1ccnc2-c1[c-]ccc2c1sc1cc(-c3ccccc3)ccc12.[Ir]. The number of nitrogens with zero attached hydrogens (tertiary/aromatic N) is 2. The summed E-state index contributed by atoms with van der Waals surface area (Å²) < 4.78 is 72.3. The molecule has 6 heteroatoms. The molecular formula is C42H37FIrN2SSi-2. The van der Waals surface area contributed by atoms with Gasteiger partial charge in [0.1, 0.15) is 0 Å². The van der Waals surface area contributed by atoms with Gasteiger partial charge in [-0.25, -0.2) is 0 Å². The van der Waals surface area contributed by atoms with Crippen LogP contribution in [0.3, 0.4) is 0 Å². The van der Waals surface area contributed by atoms with Crippen molar-refractivity contribution in [3.05, 3.63) is 138 Å². The summed E-state index contributed by atoms with van der Waals surface area (Å²) in [5, 5.41) is 3.42. The zero-order valence-electron chi connectivity index (χ0n) is 33.7. The normalized spacial score (nSPS) is 17.1. The van der Waals surface area contributed by atoms with E-state index in [4.69, 9.17) is 9.60 Å². The number of aryl methyl sites for hydroxylation is 2. The molecule has 1 aliphatic carbocycles. The summed E-state index contributed by atoms with van der Waals surface area (Å²) in [4.78, 5) is 8.87. The first-order chi connectivity index (χ1) is 25.4. The topological polar surface area (TPSA) is 25.8 Å². The van der Waals surface area contributed by atoms with Crippen LogP contribution < -0.4 is 5.19 Å². The van der Waals surface area contributed by atoms with E-state index < -0.39 is 33.5 Å². The van der Waals surface area contributed by atoms with E-state index in [2.05, 4.69) is 72.1 Å². The molecule has 1 aliphatic rings. The smallest absolute Gasteiger partial charge is 0.0795 e. The van der Waals surface area contributed by atoms with E-state index in [0.717, 1.165) is 42.9 Å². The van der Waals surface area contributed by atoms with E-state index in [0.29, 0.717) is 22.5 Å². The van der Waals surface area contributed by atoms with Crippen molar-refractivity contribution in [2.75, 3.05) is 0 Å². The third-order valence-corrected chi connectivity index (χ3v) is 11.5. The summed E-state index contributed by atoms with van der Waals surface area (Å²) in [6.45, 7) is 4.30. The Balaban J connectivity index is 0.000000204. The summed E-state index contributed by atoms with van der Waals surface area (Å²) in [5.41, 5.74) is 4.95. The predicted molar refractivity (Wildman–Crippen MR) is 200 cm³/mol. The second-order valence-corrected chi connectivity index (χ2v) is 18.6. The standard InChI is InChI=1S/C27H20NS.C15H17FNSi.Ir/c1-2-7-18(8-3-1)20-13-14-22-23-11-6-12-24(27(23)29-25(22)17-20)26-21-10-5-4-9-19(21)15-16-28-26;1-11-5-7-13(14(16)9-11)15-8-6-12(10-17-15)18(2,3)4;/h1-3,6-8,11,13-17H,4-5,9-10H2;5-6,8-10H,1-4H3;/q2*-1;/i9D2,10D2;1D3;. The van der Waals surface area contributed by atoms with Crippen LogP contribution in [0, 0.1) is 24.8 Å². The summed E-state index contributed by atoms with van der Waals surface area (Å²) >= 11 is 1.66. The van der Waals surface area contributed by atoms with Crippen molar-refractivity contribution in [1.29, 1.82) is 0 Å². The summed E-state index contributed by atoms with van der Waals surface area (Å²) in [6.07, 6.45) is 0.451. The van der Waals surface area contributed by atoms with Gasteiger partial charge in [0.2, 0.25) is 0 Å². The Labute approximate surface area is 311 Å². The van der Waals surface area contributed by atoms with Crippen LogP contribution in [0.15, 0.2) is 103 Å². The number of pyridine rings is 2. The first-order valence-corrected chi connectivity index (χ1v) is 19.9. The van der Waals surface area contributed by atoms with Crippen LogP contribution in [-0.4, -0.2) is 18.0 Å². The minimum atomic E-state index is -2.33. The van der Waals surface area contributed by atoms with E-state index >= 15 is 0 Å². The van der Waals surface area contributed by atoms with Crippen molar-refractivity contribution in [3.63, 3.8) is 0 Å². The van der Waals surface area contributed by atoms with Crippen LogP contribution in [0.2, 0.25) is 19.6 Å². The van der Waals surface area contributed by atoms with Crippen molar-refractivity contribution >= 4 is 44.8 Å². The molecule has 48 heavy (non-hydrogen) atoms. The van der Waals surface area contributed by atoms with Gasteiger partial charge in [0.15, 0.2) is 0 Å². The molecule has 0 atom stereocenters. The number of aromatic nitrogens is 2. The fourth-order valence-electron chi connectivity index (χ4n) is 5.74. The predicted octanol–water partition coefficient (Wildman–Crippen LogP) is 11.0. The number of hydrogen-bond donors (Lipinski definition) is 0. The molecule has 0 saturated heterocycles. The maximum absolute atomic E-state index is 14.1. The van der Waals surface area contributed by atoms with Crippen LogP contribution in [-0.2, 0) is 32.9 Å². The van der Waals surface area contributed by atoms with Crippen molar-refractivity contribution in [2.24, 2.45) is 0 Å². The number of fused-ring (bicyclic) bond motifs is 4. The largest absolute Gasteiger partial charge is 0.305 e. The number of halogens is 1. The van der Waals surface area contributed by atoms with E-state index in [1.54, 1.807) is 35.9 Å². The number of benzene rings is 4. The van der Waals surface area contributed by atoms with Crippen molar-refractivity contribution in [3.8, 4) is 33.6 Å². The minimum absolute atomic E-state index is 0. The Morgan fingerprint density at radius 3 is 2.44 bits per heavy atom. The van der Waals surface area contributed by atoms with Gasteiger partial charge >= 0.3 is 0 Å². The maximum atomic E-state index is 14.1. The van der Waals surface area contributed by atoms with Crippen LogP contribution >= 0.6 is 11.3 Å². The van der Waals surface area contributed by atoms with E-state index in [1.165, 1.54) is 11.3 Å². The molecular weight excluding hydrogens is 804 g/mol. The van der Waals surface area contributed by atoms with Crippen molar-refractivity contribution in [2.45, 2.75) is 52.1 Å². The van der Waals surface area contributed by atoms with E-state index in [9.17, 15) is 4.39 Å². The van der Waals surface area contributed by atoms with Crippen LogP contribution in [0.5, 0.6) is 0 Å². The van der Waals surface area contributed by atoms with Crippen molar-refractivity contribution in [1.82, 2.24) is 9.97 Å². The molecule has 3 aromatic heterocycles. The van der Waals surface area contributed by atoms with Gasteiger partial charge in [0, 0.05) is 52.6 Å². The first kappa shape index (κ1) is 26.1. The van der Waals surface area contributed by atoms with Gasteiger partial charge in [0.05, 0.1) is 8.07 Å². The van der Waals surface area contributed by atoms with E-state index in [-0.39, 0.29) is 44.1 Å². The third-order valence-electron chi connectivity index (χ3n) is 8.25. The Hall–Kier alpha value is -3.80. The number of hydrogen-bond acceptors (Lipinski definition) is 3. The Kier molecular flexibility index (Phi) is 7.81. The second-order valence-electron chi connectivity index (χ2n) is 12.5. The zero-order chi connectivity index (χ0) is 38.6. The monoisotopic (exact) mass is 848 g/mol. The molecule has 0 fully saturated rings. The molecule has 4 aromatic carbocycles. The molecule has 3 heterocycles. The zero-order valence-corrected chi connectivity index (χ0v) is 31.0. The maximum Gasteiger partial charge on any atom is 0.0795 e. The quantitative estimate of drug-likeness (QED) is 0.130. The minimum Gasteiger partial charge on any atom is -0.305 e. The Morgan fingerprint density at radius 2 is 1.69 bits per heavy atom. The van der Waals surface area contributed by atoms with Gasteiger partial charge in [-0.2, -0.15) is 11.3 Å².